The first-order valence-corrected chi connectivity index (χ1v) is 10.7. The van der Waals surface area contributed by atoms with Gasteiger partial charge in [-0.05, 0) is 69.2 Å². The first kappa shape index (κ1) is 21.8. The molecule has 0 spiro atoms. The molecule has 7 heteroatoms. The normalized spacial score (nSPS) is 11.4. The number of benzene rings is 2. The lowest BCUT2D eigenvalue weighted by molar-refractivity contribution is 0.0977. The summed E-state index contributed by atoms with van der Waals surface area (Å²) in [6.45, 7) is 7.57. The standard InChI is InChI=1S/C23H26BrN5O/c1-4-29-17(3)21(16(2)28-29)14-15-25-23(26-20-12-10-19(24)11-13-20)27-22(30)18-8-6-5-7-9-18/h5-13H,4,14-15H2,1-3H3,(H2,25,26,27,30). The van der Waals surface area contributed by atoms with Crippen LogP contribution in [-0.4, -0.2) is 28.2 Å². The van der Waals surface area contributed by atoms with E-state index in [1.807, 2.05) is 54.1 Å². The molecule has 0 unspecified atom stereocenters. The minimum atomic E-state index is -0.204. The molecule has 0 saturated heterocycles. The van der Waals surface area contributed by atoms with Crippen molar-refractivity contribution in [1.82, 2.24) is 15.1 Å². The number of aromatic nitrogens is 2. The Balaban J connectivity index is 1.76. The summed E-state index contributed by atoms with van der Waals surface area (Å²) in [6, 6.07) is 16.8. The van der Waals surface area contributed by atoms with E-state index in [2.05, 4.69) is 50.5 Å². The van der Waals surface area contributed by atoms with Crippen molar-refractivity contribution in [3.05, 3.63) is 81.6 Å². The van der Waals surface area contributed by atoms with Crippen molar-refractivity contribution in [2.24, 2.45) is 4.99 Å². The summed E-state index contributed by atoms with van der Waals surface area (Å²) in [5.74, 6) is 0.217. The second kappa shape index (κ2) is 10.2. The van der Waals surface area contributed by atoms with E-state index in [9.17, 15) is 4.79 Å². The Morgan fingerprint density at radius 3 is 2.43 bits per heavy atom. The van der Waals surface area contributed by atoms with Crippen LogP contribution >= 0.6 is 15.9 Å². The average Bonchev–Trinajstić information content (AvgIpc) is 3.03. The lowest BCUT2D eigenvalue weighted by Crippen LogP contribution is -2.36. The number of aryl methyl sites for hydroxylation is 2. The van der Waals surface area contributed by atoms with Crippen molar-refractivity contribution < 1.29 is 4.79 Å². The van der Waals surface area contributed by atoms with Gasteiger partial charge in [0.25, 0.3) is 5.91 Å². The fraction of sp³-hybridized carbons (Fsp3) is 0.261. The number of amides is 1. The zero-order valence-corrected chi connectivity index (χ0v) is 19.0. The number of hydrogen-bond donors (Lipinski definition) is 2. The molecule has 30 heavy (non-hydrogen) atoms. The van der Waals surface area contributed by atoms with Gasteiger partial charge in [-0.15, -0.1) is 0 Å². The number of guanidine groups is 1. The Kier molecular flexibility index (Phi) is 7.41. The molecule has 1 aromatic heterocycles. The molecular weight excluding hydrogens is 442 g/mol. The van der Waals surface area contributed by atoms with Crippen LogP contribution in [0, 0.1) is 13.8 Å². The van der Waals surface area contributed by atoms with Crippen LogP contribution in [0.2, 0.25) is 0 Å². The molecule has 1 heterocycles. The summed E-state index contributed by atoms with van der Waals surface area (Å²) >= 11 is 3.44. The lowest BCUT2D eigenvalue weighted by atomic mass is 10.1. The third kappa shape index (κ3) is 5.57. The zero-order chi connectivity index (χ0) is 21.5. The molecule has 0 saturated carbocycles. The smallest absolute Gasteiger partial charge is 0.257 e. The van der Waals surface area contributed by atoms with Gasteiger partial charge in [0.05, 0.1) is 5.69 Å². The van der Waals surface area contributed by atoms with Crippen LogP contribution in [0.3, 0.4) is 0 Å². The quantitative estimate of drug-likeness (QED) is 0.406. The van der Waals surface area contributed by atoms with Crippen LogP contribution in [0.5, 0.6) is 0 Å². The Bertz CT molecular complexity index is 1030. The van der Waals surface area contributed by atoms with E-state index < -0.39 is 0 Å². The van der Waals surface area contributed by atoms with E-state index in [-0.39, 0.29) is 5.91 Å². The second-order valence-corrected chi connectivity index (χ2v) is 7.81. The van der Waals surface area contributed by atoms with Gasteiger partial charge in [-0.2, -0.15) is 5.10 Å². The topological polar surface area (TPSA) is 71.3 Å². The minimum Gasteiger partial charge on any atom is -0.326 e. The van der Waals surface area contributed by atoms with Gasteiger partial charge in [-0.1, -0.05) is 34.1 Å². The second-order valence-electron chi connectivity index (χ2n) is 6.90. The molecule has 2 N–H and O–H groups in total. The van der Waals surface area contributed by atoms with E-state index in [0.29, 0.717) is 18.1 Å². The predicted molar refractivity (Wildman–Crippen MR) is 125 cm³/mol. The highest BCUT2D eigenvalue weighted by molar-refractivity contribution is 9.10. The molecule has 0 aliphatic rings. The number of hydrogen-bond acceptors (Lipinski definition) is 3. The summed E-state index contributed by atoms with van der Waals surface area (Å²) in [6.07, 6.45) is 0.754. The van der Waals surface area contributed by atoms with E-state index in [4.69, 9.17) is 0 Å². The molecule has 1 amide bonds. The third-order valence-electron chi connectivity index (χ3n) is 4.84. The van der Waals surface area contributed by atoms with Gasteiger partial charge in [0.2, 0.25) is 5.96 Å². The molecule has 6 nitrogen and oxygen atoms in total. The molecule has 0 bridgehead atoms. The number of carbonyl (C=O) groups is 1. The number of aliphatic imine (C=N–C) groups is 1. The average molecular weight is 468 g/mol. The van der Waals surface area contributed by atoms with Gasteiger partial charge < -0.3 is 5.32 Å². The van der Waals surface area contributed by atoms with Crippen LogP contribution < -0.4 is 10.6 Å². The van der Waals surface area contributed by atoms with Gasteiger partial charge in [0.1, 0.15) is 0 Å². The number of carbonyl (C=O) groups excluding carboxylic acids is 1. The van der Waals surface area contributed by atoms with Gasteiger partial charge in [-0.25, -0.2) is 0 Å². The maximum Gasteiger partial charge on any atom is 0.257 e. The number of anilines is 1. The maximum absolute atomic E-state index is 12.6. The zero-order valence-electron chi connectivity index (χ0n) is 17.4. The van der Waals surface area contributed by atoms with Gasteiger partial charge in [0, 0.05) is 34.5 Å². The van der Waals surface area contributed by atoms with E-state index >= 15 is 0 Å². The highest BCUT2D eigenvalue weighted by atomic mass is 79.9. The third-order valence-corrected chi connectivity index (χ3v) is 5.37. The molecule has 0 radical (unpaired) electrons. The Morgan fingerprint density at radius 1 is 1.10 bits per heavy atom. The monoisotopic (exact) mass is 467 g/mol. The van der Waals surface area contributed by atoms with Gasteiger partial charge in [0.15, 0.2) is 0 Å². The summed E-state index contributed by atoms with van der Waals surface area (Å²) in [5, 5.41) is 10.7. The molecule has 0 aliphatic carbocycles. The molecule has 0 fully saturated rings. The Morgan fingerprint density at radius 2 is 1.80 bits per heavy atom. The summed E-state index contributed by atoms with van der Waals surface area (Å²) < 4.78 is 2.99. The number of rotatable bonds is 6. The van der Waals surface area contributed by atoms with Crippen molar-refractivity contribution in [1.29, 1.82) is 0 Å². The maximum atomic E-state index is 12.6. The molecule has 3 rings (SSSR count). The van der Waals surface area contributed by atoms with Crippen LogP contribution in [-0.2, 0) is 13.0 Å². The summed E-state index contributed by atoms with van der Waals surface area (Å²) in [5.41, 5.74) is 4.83. The first-order chi connectivity index (χ1) is 14.5. The summed E-state index contributed by atoms with van der Waals surface area (Å²) in [7, 11) is 0. The fourth-order valence-electron chi connectivity index (χ4n) is 3.23. The van der Waals surface area contributed by atoms with Crippen molar-refractivity contribution in [2.45, 2.75) is 33.7 Å². The number of nitrogens with one attached hydrogen (secondary N) is 2. The fourth-order valence-corrected chi connectivity index (χ4v) is 3.50. The Hall–Kier alpha value is -2.93. The summed E-state index contributed by atoms with van der Waals surface area (Å²) in [4.78, 5) is 17.3. The van der Waals surface area contributed by atoms with E-state index in [1.54, 1.807) is 12.1 Å². The van der Waals surface area contributed by atoms with Gasteiger partial charge in [-0.3, -0.25) is 19.8 Å². The molecule has 2 aromatic carbocycles. The largest absolute Gasteiger partial charge is 0.326 e. The van der Waals surface area contributed by atoms with Crippen LogP contribution in [0.1, 0.15) is 34.2 Å². The number of halogens is 1. The van der Waals surface area contributed by atoms with E-state index in [1.165, 1.54) is 11.3 Å². The van der Waals surface area contributed by atoms with Crippen molar-refractivity contribution in [3.63, 3.8) is 0 Å². The lowest BCUT2D eigenvalue weighted by Gasteiger charge is -2.12. The Labute approximate surface area is 185 Å². The van der Waals surface area contributed by atoms with Crippen LogP contribution in [0.25, 0.3) is 0 Å². The molecule has 0 atom stereocenters. The van der Waals surface area contributed by atoms with Crippen molar-refractivity contribution >= 4 is 33.5 Å². The van der Waals surface area contributed by atoms with Crippen LogP contribution in [0.15, 0.2) is 64.1 Å². The highest BCUT2D eigenvalue weighted by Gasteiger charge is 2.12. The van der Waals surface area contributed by atoms with E-state index in [0.717, 1.165) is 28.8 Å². The molecule has 0 aliphatic heterocycles. The van der Waals surface area contributed by atoms with Crippen molar-refractivity contribution in [3.8, 4) is 0 Å². The highest BCUT2D eigenvalue weighted by Crippen LogP contribution is 2.15. The molecule has 156 valence electrons. The predicted octanol–water partition coefficient (Wildman–Crippen LogP) is 4.72. The van der Waals surface area contributed by atoms with Crippen molar-refractivity contribution in [2.75, 3.05) is 11.9 Å². The van der Waals surface area contributed by atoms with Gasteiger partial charge >= 0.3 is 0 Å². The minimum absolute atomic E-state index is 0.204. The SMILES string of the molecule is CCn1nc(C)c(CCN=C(NC(=O)c2ccccc2)Nc2ccc(Br)cc2)c1C. The first-order valence-electron chi connectivity index (χ1n) is 9.94. The van der Waals surface area contributed by atoms with Crippen LogP contribution in [0.4, 0.5) is 5.69 Å². The number of nitrogens with zero attached hydrogens (tertiary/aromatic N) is 3. The molecule has 3 aromatic rings. The molecular formula is C23H26BrN5O.